The van der Waals surface area contributed by atoms with Gasteiger partial charge in [-0.15, -0.1) is 0 Å². The third-order valence-corrected chi connectivity index (χ3v) is 12.4. The molecule has 2 aliphatic rings. The van der Waals surface area contributed by atoms with Gasteiger partial charge in [0.05, 0.1) is 16.6 Å². The number of benzene rings is 8. The van der Waals surface area contributed by atoms with E-state index in [2.05, 4.69) is 180 Å². The van der Waals surface area contributed by atoms with Crippen LogP contribution in [0, 0.1) is 0 Å². The third kappa shape index (κ3) is 4.26. The zero-order valence-electron chi connectivity index (χ0n) is 28.7. The number of rotatable bonds is 3. The molecule has 0 atom stereocenters. The lowest BCUT2D eigenvalue weighted by Gasteiger charge is -2.46. The van der Waals surface area contributed by atoms with Gasteiger partial charge in [0.2, 0.25) is 0 Å². The molecule has 0 saturated heterocycles. The first kappa shape index (κ1) is 30.2. The molecule has 53 heavy (non-hydrogen) atoms. The van der Waals surface area contributed by atoms with Crippen LogP contribution in [0.4, 0.5) is 0 Å². The van der Waals surface area contributed by atoms with Crippen LogP contribution >= 0.6 is 11.8 Å². The van der Waals surface area contributed by atoms with Gasteiger partial charge in [0.25, 0.3) is 5.56 Å². The van der Waals surface area contributed by atoms with Crippen LogP contribution in [0.15, 0.2) is 203 Å². The first-order chi connectivity index (χ1) is 26.2. The molecule has 0 amide bonds. The Morgan fingerprint density at radius 1 is 0.396 bits per heavy atom. The monoisotopic (exact) mass is 693 g/mol. The fourth-order valence-corrected chi connectivity index (χ4v) is 10.2. The van der Waals surface area contributed by atoms with Gasteiger partial charge < -0.3 is 0 Å². The second kappa shape index (κ2) is 11.5. The minimum atomic E-state index is -0.750. The maximum atomic E-state index is 15.3. The van der Waals surface area contributed by atoms with Crippen molar-refractivity contribution in [1.29, 1.82) is 0 Å². The van der Waals surface area contributed by atoms with E-state index in [1.165, 1.54) is 20.9 Å². The molecule has 9 aromatic rings. The van der Waals surface area contributed by atoms with Crippen molar-refractivity contribution in [1.82, 2.24) is 4.57 Å². The molecule has 2 nitrogen and oxygen atoms in total. The van der Waals surface area contributed by atoms with E-state index in [9.17, 15) is 0 Å². The van der Waals surface area contributed by atoms with E-state index < -0.39 is 5.41 Å². The van der Waals surface area contributed by atoms with E-state index in [4.69, 9.17) is 0 Å². The van der Waals surface area contributed by atoms with Gasteiger partial charge in [0.1, 0.15) is 0 Å². The summed E-state index contributed by atoms with van der Waals surface area (Å²) in [5.74, 6) is 0. The van der Waals surface area contributed by atoms with Crippen LogP contribution < -0.4 is 5.56 Å². The highest BCUT2D eigenvalue weighted by molar-refractivity contribution is 7.99. The SMILES string of the molecule is O=c1c2ccccc2c2cc(-c3ccccc3)cc3c2n1-c1c(-c2ccccc2)cc(-c2ccccc2)cc1C31c2ccccc2Sc2ccccc21. The quantitative estimate of drug-likeness (QED) is 0.172. The number of nitrogens with zero attached hydrogens (tertiary/aromatic N) is 1. The molecule has 3 heteroatoms. The van der Waals surface area contributed by atoms with Crippen LogP contribution in [0.25, 0.3) is 60.7 Å². The van der Waals surface area contributed by atoms with Gasteiger partial charge in [-0.3, -0.25) is 9.36 Å². The molecule has 0 unspecified atom stereocenters. The summed E-state index contributed by atoms with van der Waals surface area (Å²) in [5.41, 5.74) is 12.4. The van der Waals surface area contributed by atoms with Crippen LogP contribution in [0.3, 0.4) is 0 Å². The average molecular weight is 694 g/mol. The Bertz CT molecular complexity index is 2940. The summed E-state index contributed by atoms with van der Waals surface area (Å²) < 4.78 is 2.06. The third-order valence-electron chi connectivity index (χ3n) is 11.2. The molecule has 0 radical (unpaired) electrons. The lowest BCUT2D eigenvalue weighted by atomic mass is 9.61. The van der Waals surface area contributed by atoms with Crippen molar-refractivity contribution in [2.24, 2.45) is 0 Å². The van der Waals surface area contributed by atoms with Crippen LogP contribution in [0.2, 0.25) is 0 Å². The Kier molecular flexibility index (Phi) is 6.58. The molecule has 1 spiro atoms. The number of pyridine rings is 1. The molecule has 8 aromatic carbocycles. The molecule has 0 aliphatic carbocycles. The molecule has 0 N–H and O–H groups in total. The summed E-state index contributed by atoms with van der Waals surface area (Å²) in [5, 5.41) is 2.75. The number of hydrogen-bond acceptors (Lipinski definition) is 2. The van der Waals surface area contributed by atoms with Crippen molar-refractivity contribution in [3.63, 3.8) is 0 Å². The first-order valence-electron chi connectivity index (χ1n) is 18.1. The maximum absolute atomic E-state index is 15.3. The molecule has 0 fully saturated rings. The summed E-state index contributed by atoms with van der Waals surface area (Å²) in [6.07, 6.45) is 0. The summed E-state index contributed by atoms with van der Waals surface area (Å²) in [4.78, 5) is 17.8. The molecule has 1 aromatic heterocycles. The number of aromatic nitrogens is 1. The Labute approximate surface area is 311 Å². The smallest absolute Gasteiger partial charge is 0.263 e. The highest BCUT2D eigenvalue weighted by atomic mass is 32.2. The van der Waals surface area contributed by atoms with E-state index in [0.717, 1.165) is 66.5 Å². The minimum Gasteiger partial charge on any atom is -0.275 e. The number of hydrogen-bond donors (Lipinski definition) is 0. The molecule has 2 aliphatic heterocycles. The van der Waals surface area contributed by atoms with Crippen LogP contribution in [-0.4, -0.2) is 4.57 Å². The highest BCUT2D eigenvalue weighted by Crippen LogP contribution is 2.61. The van der Waals surface area contributed by atoms with Gasteiger partial charge >= 0.3 is 0 Å². The van der Waals surface area contributed by atoms with Gasteiger partial charge in [0.15, 0.2) is 0 Å². The molecule has 3 heterocycles. The summed E-state index contributed by atoms with van der Waals surface area (Å²) in [7, 11) is 0. The van der Waals surface area contributed by atoms with Gasteiger partial charge in [-0.05, 0) is 97.9 Å². The summed E-state index contributed by atoms with van der Waals surface area (Å²) >= 11 is 1.83. The minimum absolute atomic E-state index is 0.00527. The van der Waals surface area contributed by atoms with Gasteiger partial charge in [0, 0.05) is 26.1 Å². The lowest BCUT2D eigenvalue weighted by Crippen LogP contribution is -2.40. The largest absolute Gasteiger partial charge is 0.275 e. The van der Waals surface area contributed by atoms with Gasteiger partial charge in [-0.25, -0.2) is 0 Å². The molecule has 0 bridgehead atoms. The Morgan fingerprint density at radius 3 is 1.51 bits per heavy atom. The maximum Gasteiger partial charge on any atom is 0.263 e. The second-order valence-corrected chi connectivity index (χ2v) is 15.1. The van der Waals surface area contributed by atoms with Crippen LogP contribution in [-0.2, 0) is 5.41 Å². The Morgan fingerprint density at radius 2 is 0.887 bits per heavy atom. The van der Waals surface area contributed by atoms with Crippen molar-refractivity contribution in [3.8, 4) is 39.1 Å². The molecule has 0 saturated carbocycles. The lowest BCUT2D eigenvalue weighted by molar-refractivity contribution is 0.685. The summed E-state index contributed by atoms with van der Waals surface area (Å²) in [6, 6.07) is 67.2. The summed E-state index contributed by atoms with van der Waals surface area (Å²) in [6.45, 7) is 0. The Hall–Kier alpha value is -6.42. The van der Waals surface area contributed by atoms with Gasteiger partial charge in [-0.1, -0.05) is 157 Å². The van der Waals surface area contributed by atoms with Crippen LogP contribution in [0.1, 0.15) is 22.3 Å². The molecular weight excluding hydrogens is 663 g/mol. The second-order valence-electron chi connectivity index (χ2n) is 14.0. The predicted octanol–water partition coefficient (Wildman–Crippen LogP) is 12.3. The van der Waals surface area contributed by atoms with E-state index >= 15 is 4.79 Å². The van der Waals surface area contributed by atoms with Crippen molar-refractivity contribution in [3.05, 3.63) is 221 Å². The molecular formula is C50H31NOS. The van der Waals surface area contributed by atoms with E-state index in [1.807, 2.05) is 23.9 Å². The predicted molar refractivity (Wildman–Crippen MR) is 219 cm³/mol. The normalized spacial score (nSPS) is 13.4. The standard InChI is InChI=1S/C50H31NOS/c52-49-38-23-11-10-22-37(38)40-29-36(33-18-6-2-7-19-33)31-44-48(40)51(49)47-39(34-20-8-3-9-21-34)28-35(32-16-4-1-5-17-32)30-43(47)50(44)41-24-12-14-26-45(41)53-46-27-15-13-25-42(46)50/h1-31H. The fraction of sp³-hybridized carbons (Fsp3) is 0.0200. The van der Waals surface area contributed by atoms with Crippen molar-refractivity contribution in [2.75, 3.05) is 0 Å². The zero-order chi connectivity index (χ0) is 35.1. The molecule has 248 valence electrons. The van der Waals surface area contributed by atoms with Crippen molar-refractivity contribution >= 4 is 33.4 Å². The van der Waals surface area contributed by atoms with E-state index in [-0.39, 0.29) is 5.56 Å². The average Bonchev–Trinajstić information content (AvgIpc) is 3.23. The van der Waals surface area contributed by atoms with E-state index in [1.54, 1.807) is 0 Å². The zero-order valence-corrected chi connectivity index (χ0v) is 29.5. The van der Waals surface area contributed by atoms with Crippen LogP contribution in [0.5, 0.6) is 0 Å². The highest BCUT2D eigenvalue weighted by Gasteiger charge is 2.50. The first-order valence-corrected chi connectivity index (χ1v) is 18.9. The van der Waals surface area contributed by atoms with Gasteiger partial charge in [-0.2, -0.15) is 0 Å². The van der Waals surface area contributed by atoms with Crippen molar-refractivity contribution in [2.45, 2.75) is 15.2 Å². The van der Waals surface area contributed by atoms with E-state index in [0.29, 0.717) is 5.39 Å². The number of fused-ring (bicyclic) bond motifs is 10. The Balaban J connectivity index is 1.46. The molecule has 11 rings (SSSR count). The fourth-order valence-electron chi connectivity index (χ4n) is 9.02. The van der Waals surface area contributed by atoms with Crippen molar-refractivity contribution < 1.29 is 0 Å². The topological polar surface area (TPSA) is 22.0 Å².